The van der Waals surface area contributed by atoms with E-state index >= 15 is 0 Å². The lowest BCUT2D eigenvalue weighted by atomic mass is 9.61. The van der Waals surface area contributed by atoms with Gasteiger partial charge in [-0.05, 0) is 136 Å². The summed E-state index contributed by atoms with van der Waals surface area (Å²) >= 11 is 0. The van der Waals surface area contributed by atoms with Crippen molar-refractivity contribution < 1.29 is 9.22 Å². The number of hydrogen-bond acceptors (Lipinski definition) is 3. The number of aryl methyl sites for hydroxylation is 1. The van der Waals surface area contributed by atoms with Gasteiger partial charge in [0.05, 0.1) is 22.3 Å². The zero-order valence-corrected chi connectivity index (χ0v) is 37.9. The number of imidazole rings is 1. The normalized spacial score (nSPS) is 18.5. The highest BCUT2D eigenvalue weighted by molar-refractivity contribution is 5.97. The molecule has 4 nitrogen and oxygen atoms in total. The van der Waals surface area contributed by atoms with Gasteiger partial charge in [-0.15, -0.1) is 0 Å². The second kappa shape index (κ2) is 16.5. The van der Waals surface area contributed by atoms with Crippen LogP contribution in [0.15, 0.2) is 182 Å². The Hall–Kier alpha value is -7.04. The monoisotopic (exact) mass is 850 g/mol. The summed E-state index contributed by atoms with van der Waals surface area (Å²) < 4.78 is 25.7. The molecule has 65 heavy (non-hydrogen) atoms. The van der Waals surface area contributed by atoms with Crippen molar-refractivity contribution in [3.63, 3.8) is 0 Å². The van der Waals surface area contributed by atoms with E-state index in [2.05, 4.69) is 136 Å². The molecule has 0 atom stereocenters. The number of fused-ring (bicyclic) bond motifs is 1. The number of rotatable bonds is 8. The molecule has 1 fully saturated rings. The average Bonchev–Trinajstić information content (AvgIpc) is 3.75. The number of nitrogens with zero attached hydrogens (tertiary/aromatic N) is 3. The fraction of sp³-hybridized carbons (Fsp3) is 0.213. The number of aromatic nitrogens is 3. The molecule has 2 aromatic heterocycles. The molecular formula is C61H57N3O. The first-order chi connectivity index (χ1) is 32.6. The summed E-state index contributed by atoms with van der Waals surface area (Å²) in [5, 5.41) is 12.2. The van der Waals surface area contributed by atoms with E-state index in [1.807, 2.05) is 72.9 Å². The fourth-order valence-electron chi connectivity index (χ4n) is 9.93. The highest BCUT2D eigenvalue weighted by Crippen LogP contribution is 2.49. The molecule has 9 aromatic rings. The first-order valence-corrected chi connectivity index (χ1v) is 22.9. The number of benzene rings is 7. The number of pyridine rings is 1. The molecule has 1 N–H and O–H groups in total. The minimum atomic E-state index is -2.16. The molecule has 1 aliphatic rings. The van der Waals surface area contributed by atoms with Crippen LogP contribution in [-0.4, -0.2) is 19.6 Å². The quantitative estimate of drug-likeness (QED) is 0.166. The molecule has 0 aliphatic heterocycles. The molecule has 0 unspecified atom stereocenters. The van der Waals surface area contributed by atoms with Crippen LogP contribution in [-0.2, 0) is 16.2 Å². The third-order valence-electron chi connectivity index (χ3n) is 14.2. The van der Waals surface area contributed by atoms with E-state index in [9.17, 15) is 5.11 Å². The Balaban J connectivity index is 1.10. The fourth-order valence-corrected chi connectivity index (χ4v) is 9.93. The number of aromatic hydroxyl groups is 1. The van der Waals surface area contributed by atoms with Crippen LogP contribution in [0, 0.1) is 6.85 Å². The van der Waals surface area contributed by atoms with Crippen LogP contribution >= 0.6 is 0 Å². The Labute approximate surface area is 388 Å². The molecule has 0 amide bonds. The van der Waals surface area contributed by atoms with Crippen molar-refractivity contribution in [2.75, 3.05) is 0 Å². The highest BCUT2D eigenvalue weighted by atomic mass is 16.3. The molecular weight excluding hydrogens is 791 g/mol. The van der Waals surface area contributed by atoms with Crippen molar-refractivity contribution in [2.24, 2.45) is 0 Å². The number of phenolic OH excluding ortho intramolecular Hbond substituents is 1. The zero-order valence-electron chi connectivity index (χ0n) is 40.9. The van der Waals surface area contributed by atoms with Gasteiger partial charge in [-0.2, -0.15) is 0 Å². The Bertz CT molecular complexity index is 3270. The van der Waals surface area contributed by atoms with E-state index in [1.54, 1.807) is 12.1 Å². The molecule has 1 saturated carbocycles. The van der Waals surface area contributed by atoms with Crippen molar-refractivity contribution in [2.45, 2.75) is 83.4 Å². The van der Waals surface area contributed by atoms with Gasteiger partial charge >= 0.3 is 0 Å². The molecule has 1 aliphatic carbocycles. The molecule has 4 heteroatoms. The number of para-hydroxylation sites is 2. The van der Waals surface area contributed by atoms with Gasteiger partial charge in [0.25, 0.3) is 0 Å². The Morgan fingerprint density at radius 3 is 1.85 bits per heavy atom. The second-order valence-corrected chi connectivity index (χ2v) is 19.6. The summed E-state index contributed by atoms with van der Waals surface area (Å²) in [4.78, 5) is 10.4. The summed E-state index contributed by atoms with van der Waals surface area (Å²) in [7, 11) is 0. The van der Waals surface area contributed by atoms with Crippen LogP contribution in [0.1, 0.15) is 86.7 Å². The van der Waals surface area contributed by atoms with Gasteiger partial charge in [0.2, 0.25) is 0 Å². The van der Waals surface area contributed by atoms with Crippen molar-refractivity contribution >= 4 is 11.0 Å². The minimum Gasteiger partial charge on any atom is -0.507 e. The van der Waals surface area contributed by atoms with E-state index < -0.39 is 6.85 Å². The largest absolute Gasteiger partial charge is 0.507 e. The Morgan fingerprint density at radius 1 is 0.554 bits per heavy atom. The van der Waals surface area contributed by atoms with Gasteiger partial charge < -0.3 is 5.11 Å². The number of phenols is 1. The van der Waals surface area contributed by atoms with E-state index in [4.69, 9.17) is 14.1 Å². The van der Waals surface area contributed by atoms with Gasteiger partial charge in [-0.3, -0.25) is 9.55 Å². The third kappa shape index (κ3) is 7.97. The summed E-state index contributed by atoms with van der Waals surface area (Å²) in [6.07, 6.45) is 6.30. The lowest BCUT2D eigenvalue weighted by Crippen LogP contribution is -2.36. The first kappa shape index (κ1) is 38.4. The summed E-state index contributed by atoms with van der Waals surface area (Å²) in [6, 6.07) is 60.2. The minimum absolute atomic E-state index is 0.0522. The molecule has 322 valence electrons. The van der Waals surface area contributed by atoms with Gasteiger partial charge in [-0.1, -0.05) is 168 Å². The Kier molecular flexibility index (Phi) is 9.76. The second-order valence-electron chi connectivity index (χ2n) is 19.6. The number of hydrogen-bond donors (Lipinski definition) is 1. The summed E-state index contributed by atoms with van der Waals surface area (Å²) in [6.45, 7) is 9.36. The molecule has 0 radical (unpaired) electrons. The topological polar surface area (TPSA) is 50.9 Å². The standard InChI is InChI=1S/C61H57N3O/c1-41-23-25-42(26-24-41)44-31-36-62-54(40-44)46-37-45(38-49(39-46)59(2,3)4)51-19-14-22-55-56(51)63-58(53-21-13-20-52(57(53)65)43-15-9-7-10-16-43)64(55)50-29-27-48(28-30-50)61(6)34-32-60(5,33-35-61)47-17-11-8-12-18-47/h7-31,36-40,65H,32-35H2,1-6H3/i1D3. The maximum absolute atomic E-state index is 12.2. The van der Waals surface area contributed by atoms with E-state index in [0.717, 1.165) is 92.6 Å². The maximum Gasteiger partial charge on any atom is 0.149 e. The summed E-state index contributed by atoms with van der Waals surface area (Å²) in [5.41, 5.74) is 15.0. The molecule has 0 bridgehead atoms. The lowest BCUT2D eigenvalue weighted by Gasteiger charge is -2.44. The molecule has 7 aromatic carbocycles. The van der Waals surface area contributed by atoms with E-state index in [0.29, 0.717) is 17.0 Å². The van der Waals surface area contributed by atoms with Gasteiger partial charge in [0.15, 0.2) is 0 Å². The van der Waals surface area contributed by atoms with Crippen LogP contribution < -0.4 is 0 Å². The Morgan fingerprint density at radius 2 is 1.17 bits per heavy atom. The smallest absolute Gasteiger partial charge is 0.149 e. The van der Waals surface area contributed by atoms with E-state index in [1.165, 1.54) is 11.1 Å². The zero-order chi connectivity index (χ0) is 47.4. The third-order valence-corrected chi connectivity index (χ3v) is 14.2. The lowest BCUT2D eigenvalue weighted by molar-refractivity contribution is 0.223. The molecule has 2 heterocycles. The van der Waals surface area contributed by atoms with Crippen LogP contribution in [0.3, 0.4) is 0 Å². The average molecular weight is 851 g/mol. The van der Waals surface area contributed by atoms with Crippen molar-refractivity contribution in [1.82, 2.24) is 14.5 Å². The van der Waals surface area contributed by atoms with Gasteiger partial charge in [0.1, 0.15) is 11.6 Å². The van der Waals surface area contributed by atoms with Crippen LogP contribution in [0.4, 0.5) is 0 Å². The van der Waals surface area contributed by atoms with Gasteiger partial charge in [-0.25, -0.2) is 4.98 Å². The predicted octanol–water partition coefficient (Wildman–Crippen LogP) is 15.9. The molecule has 10 rings (SSSR count). The maximum atomic E-state index is 12.2. The van der Waals surface area contributed by atoms with Crippen molar-refractivity contribution in [3.8, 4) is 67.5 Å². The van der Waals surface area contributed by atoms with Crippen LogP contribution in [0.25, 0.3) is 72.7 Å². The van der Waals surface area contributed by atoms with Crippen molar-refractivity contribution in [1.29, 1.82) is 0 Å². The first-order valence-electron chi connectivity index (χ1n) is 24.4. The SMILES string of the molecule is [2H]C([2H])([2H])c1ccc(-c2ccnc(-c3cc(-c4cccc5c4nc(-c4cccc(-c6ccccc6)c4O)n5-c4ccc(C5(C)CCC(C)(c6ccccc6)CC5)cc4)cc(C(C)(C)C)c3)c2)cc1. The summed E-state index contributed by atoms with van der Waals surface area (Å²) in [5.74, 6) is 0.838. The predicted molar refractivity (Wildman–Crippen MR) is 271 cm³/mol. The van der Waals surface area contributed by atoms with Crippen LogP contribution in [0.5, 0.6) is 5.75 Å². The highest BCUT2D eigenvalue weighted by Gasteiger charge is 2.39. The van der Waals surface area contributed by atoms with E-state index in [-0.39, 0.29) is 22.0 Å². The molecule has 0 saturated heterocycles. The molecule has 0 spiro atoms. The van der Waals surface area contributed by atoms with Crippen LogP contribution in [0.2, 0.25) is 0 Å². The van der Waals surface area contributed by atoms with Gasteiger partial charge in [0, 0.05) is 32.7 Å². The van der Waals surface area contributed by atoms with Crippen molar-refractivity contribution in [3.05, 3.63) is 204 Å².